The average molecular weight is 463 g/mol. The van der Waals surface area contributed by atoms with Crippen LogP contribution in [-0.2, 0) is 18.5 Å². The van der Waals surface area contributed by atoms with E-state index in [2.05, 4.69) is 54.4 Å². The molecule has 0 saturated carbocycles. The molecule has 0 unspecified atom stereocenters. The molecule has 0 amide bonds. The van der Waals surface area contributed by atoms with Crippen LogP contribution in [0.4, 0.5) is 17.3 Å². The first-order valence-electron chi connectivity index (χ1n) is 11.6. The average Bonchev–Trinajstić information content (AvgIpc) is 3.57. The number of nitrogens with one attached hydrogen (secondary N) is 1. The molecule has 4 aromatic heterocycles. The number of aromatic nitrogens is 7. The van der Waals surface area contributed by atoms with Crippen molar-refractivity contribution in [2.45, 2.75) is 38.3 Å². The Morgan fingerprint density at radius 1 is 1.24 bits per heavy atom. The summed E-state index contributed by atoms with van der Waals surface area (Å²) in [4.78, 5) is 11.3. The molecule has 11 heteroatoms. The summed E-state index contributed by atoms with van der Waals surface area (Å²) in [6.45, 7) is 4.58. The number of rotatable bonds is 10. The van der Waals surface area contributed by atoms with E-state index in [0.717, 1.165) is 43.0 Å². The van der Waals surface area contributed by atoms with Crippen molar-refractivity contribution in [2.75, 3.05) is 37.0 Å². The number of aliphatic imine (C=N–C) groups is 1. The number of hydrogen-bond donors (Lipinski definition) is 2. The van der Waals surface area contributed by atoms with E-state index in [1.165, 1.54) is 5.56 Å². The Morgan fingerprint density at radius 2 is 2.12 bits per heavy atom. The van der Waals surface area contributed by atoms with E-state index in [-0.39, 0.29) is 12.1 Å². The summed E-state index contributed by atoms with van der Waals surface area (Å²) < 4.78 is 5.69. The second kappa shape index (κ2) is 9.26. The molecule has 34 heavy (non-hydrogen) atoms. The highest BCUT2D eigenvalue weighted by atomic mass is 16.3. The van der Waals surface area contributed by atoms with Gasteiger partial charge in [-0.3, -0.25) is 9.36 Å². The van der Waals surface area contributed by atoms with Gasteiger partial charge in [0, 0.05) is 64.5 Å². The third-order valence-electron chi connectivity index (χ3n) is 6.27. The second-order valence-electron chi connectivity index (χ2n) is 8.66. The SMILES string of the molecule is CCc1cnn(C2(C/C=N\C)CN(c3cccn4nc(Nc5cnn(CCCO)c5)nc34)C2)c1. The zero-order valence-corrected chi connectivity index (χ0v) is 19.5. The molecule has 1 saturated heterocycles. The lowest BCUT2D eigenvalue weighted by atomic mass is 9.86. The number of hydrogen-bond acceptors (Lipinski definition) is 8. The molecule has 1 aliphatic heterocycles. The molecule has 11 nitrogen and oxygen atoms in total. The summed E-state index contributed by atoms with van der Waals surface area (Å²) in [5.74, 6) is 0.513. The van der Waals surface area contributed by atoms with Crippen LogP contribution >= 0.6 is 0 Å². The molecule has 0 aromatic carbocycles. The predicted octanol–water partition coefficient (Wildman–Crippen LogP) is 2.12. The number of pyridine rings is 1. The van der Waals surface area contributed by atoms with Crippen molar-refractivity contribution in [3.8, 4) is 0 Å². The van der Waals surface area contributed by atoms with Crippen LogP contribution in [0.3, 0.4) is 0 Å². The Kier molecular flexibility index (Phi) is 6.01. The Hall–Kier alpha value is -3.73. The van der Waals surface area contributed by atoms with Crippen molar-refractivity contribution in [2.24, 2.45) is 4.99 Å². The van der Waals surface area contributed by atoms with Crippen molar-refractivity contribution in [1.29, 1.82) is 0 Å². The largest absolute Gasteiger partial charge is 0.396 e. The highest BCUT2D eigenvalue weighted by Gasteiger charge is 2.45. The topological polar surface area (TPSA) is 114 Å². The minimum atomic E-state index is -0.121. The number of aliphatic hydroxyl groups is 1. The summed E-state index contributed by atoms with van der Waals surface area (Å²) in [7, 11) is 1.81. The molecule has 0 radical (unpaired) electrons. The fourth-order valence-electron chi connectivity index (χ4n) is 4.37. The van der Waals surface area contributed by atoms with E-state index in [4.69, 9.17) is 10.1 Å². The molecule has 1 aliphatic rings. The minimum absolute atomic E-state index is 0.121. The van der Waals surface area contributed by atoms with Crippen LogP contribution in [0.5, 0.6) is 0 Å². The van der Waals surface area contributed by atoms with Gasteiger partial charge in [0.2, 0.25) is 5.95 Å². The monoisotopic (exact) mass is 462 g/mol. The molecule has 2 N–H and O–H groups in total. The molecule has 178 valence electrons. The molecule has 5 rings (SSSR count). The first-order chi connectivity index (χ1) is 16.6. The maximum atomic E-state index is 9.00. The molecule has 5 heterocycles. The fraction of sp³-hybridized carbons (Fsp3) is 0.435. The summed E-state index contributed by atoms with van der Waals surface area (Å²) in [5.41, 5.74) is 3.76. The molecule has 0 aliphatic carbocycles. The van der Waals surface area contributed by atoms with Gasteiger partial charge in [-0.2, -0.15) is 15.2 Å². The summed E-state index contributed by atoms with van der Waals surface area (Å²) in [5, 5.41) is 25.8. The number of aliphatic hydroxyl groups excluding tert-OH is 1. The Morgan fingerprint density at radius 3 is 2.88 bits per heavy atom. The van der Waals surface area contributed by atoms with E-state index in [0.29, 0.717) is 18.9 Å². The first kappa shape index (κ1) is 22.1. The quantitative estimate of drug-likeness (QED) is 0.347. The highest BCUT2D eigenvalue weighted by Crippen LogP contribution is 2.37. The van der Waals surface area contributed by atoms with Crippen molar-refractivity contribution in [1.82, 2.24) is 34.2 Å². The molecular formula is C23H30N10O. The third kappa shape index (κ3) is 4.14. The van der Waals surface area contributed by atoms with Crippen LogP contribution in [-0.4, -0.2) is 72.2 Å². The summed E-state index contributed by atoms with van der Waals surface area (Å²) >= 11 is 0. The Bertz CT molecular complexity index is 1280. The minimum Gasteiger partial charge on any atom is -0.396 e. The molecule has 4 aromatic rings. The van der Waals surface area contributed by atoms with Gasteiger partial charge in [0.25, 0.3) is 0 Å². The molecule has 0 atom stereocenters. The van der Waals surface area contributed by atoms with Crippen LogP contribution in [0.2, 0.25) is 0 Å². The highest BCUT2D eigenvalue weighted by molar-refractivity contribution is 5.73. The van der Waals surface area contributed by atoms with Gasteiger partial charge < -0.3 is 20.3 Å². The zero-order chi connectivity index (χ0) is 23.5. The zero-order valence-electron chi connectivity index (χ0n) is 19.5. The number of nitrogens with zero attached hydrogens (tertiary/aromatic N) is 9. The fourth-order valence-corrected chi connectivity index (χ4v) is 4.37. The first-order valence-corrected chi connectivity index (χ1v) is 11.6. The van der Waals surface area contributed by atoms with E-state index in [9.17, 15) is 0 Å². The van der Waals surface area contributed by atoms with Gasteiger partial charge in [0.1, 0.15) is 5.54 Å². The smallest absolute Gasteiger partial charge is 0.247 e. The molecule has 0 spiro atoms. The van der Waals surface area contributed by atoms with Gasteiger partial charge in [0.05, 0.1) is 23.8 Å². The van der Waals surface area contributed by atoms with Gasteiger partial charge in [-0.15, -0.1) is 5.10 Å². The van der Waals surface area contributed by atoms with E-state index in [1.807, 2.05) is 37.9 Å². The number of aryl methyl sites for hydroxylation is 2. The van der Waals surface area contributed by atoms with E-state index in [1.54, 1.807) is 15.4 Å². The maximum absolute atomic E-state index is 9.00. The molecule has 0 bridgehead atoms. The van der Waals surface area contributed by atoms with Crippen LogP contribution in [0.15, 0.2) is 48.1 Å². The lowest BCUT2D eigenvalue weighted by Crippen LogP contribution is -2.63. The normalized spacial score (nSPS) is 15.3. The summed E-state index contributed by atoms with van der Waals surface area (Å²) in [6.07, 6.45) is 14.1. The summed E-state index contributed by atoms with van der Waals surface area (Å²) in [6, 6.07) is 4.07. The van der Waals surface area contributed by atoms with Gasteiger partial charge in [-0.1, -0.05) is 6.92 Å². The van der Waals surface area contributed by atoms with Crippen molar-refractivity contribution in [3.05, 3.63) is 48.7 Å². The Labute approximate surface area is 197 Å². The maximum Gasteiger partial charge on any atom is 0.247 e. The van der Waals surface area contributed by atoms with Crippen molar-refractivity contribution >= 4 is 29.2 Å². The van der Waals surface area contributed by atoms with Crippen molar-refractivity contribution in [3.63, 3.8) is 0 Å². The second-order valence-corrected chi connectivity index (χ2v) is 8.66. The van der Waals surface area contributed by atoms with Crippen LogP contribution in [0.25, 0.3) is 5.65 Å². The van der Waals surface area contributed by atoms with Gasteiger partial charge in [0.15, 0.2) is 5.65 Å². The number of fused-ring (bicyclic) bond motifs is 1. The van der Waals surface area contributed by atoms with Crippen molar-refractivity contribution < 1.29 is 5.11 Å². The van der Waals surface area contributed by atoms with Crippen LogP contribution in [0.1, 0.15) is 25.3 Å². The Balaban J connectivity index is 1.36. The standard InChI is InChI=1S/C23H30N10O/c1-3-18-12-26-33(14-18)23(7-8-24-2)16-30(17-23)20-6-4-10-32-21(20)28-22(29-32)27-19-13-25-31(15-19)9-5-11-34/h4,6,8,10,12-15,34H,3,5,7,9,11,16-17H2,1-2H3,(H,27,29)/b24-8-. The van der Waals surface area contributed by atoms with Gasteiger partial charge in [-0.05, 0) is 30.5 Å². The molecular weight excluding hydrogens is 432 g/mol. The number of anilines is 3. The lowest BCUT2D eigenvalue weighted by molar-refractivity contribution is 0.204. The van der Waals surface area contributed by atoms with Crippen LogP contribution in [0, 0.1) is 0 Å². The van der Waals surface area contributed by atoms with E-state index >= 15 is 0 Å². The molecule has 1 fully saturated rings. The predicted molar refractivity (Wildman–Crippen MR) is 131 cm³/mol. The lowest BCUT2D eigenvalue weighted by Gasteiger charge is -2.50. The van der Waals surface area contributed by atoms with Gasteiger partial charge >= 0.3 is 0 Å². The van der Waals surface area contributed by atoms with Crippen LogP contribution < -0.4 is 10.2 Å². The van der Waals surface area contributed by atoms with Gasteiger partial charge in [-0.25, -0.2) is 4.52 Å². The third-order valence-corrected chi connectivity index (χ3v) is 6.27. The van der Waals surface area contributed by atoms with E-state index < -0.39 is 0 Å².